The van der Waals surface area contributed by atoms with E-state index in [0.29, 0.717) is 21.9 Å². The third-order valence-electron chi connectivity index (χ3n) is 5.01. The van der Waals surface area contributed by atoms with Crippen LogP contribution in [-0.4, -0.2) is 50.3 Å². The zero-order valence-corrected chi connectivity index (χ0v) is 16.7. The number of thiazole rings is 1. The molecule has 0 spiro atoms. The Morgan fingerprint density at radius 3 is 2.69 bits per heavy atom. The van der Waals surface area contributed by atoms with Gasteiger partial charge in [-0.2, -0.15) is 0 Å². The number of benzene rings is 2. The van der Waals surface area contributed by atoms with Gasteiger partial charge in [0.2, 0.25) is 0 Å². The van der Waals surface area contributed by atoms with E-state index >= 15 is 0 Å². The van der Waals surface area contributed by atoms with Gasteiger partial charge in [-0.05, 0) is 18.2 Å². The second-order valence-corrected chi connectivity index (χ2v) is 8.03. The van der Waals surface area contributed by atoms with Gasteiger partial charge < -0.3 is 9.64 Å². The lowest BCUT2D eigenvalue weighted by atomic mass is 10.2. The second kappa shape index (κ2) is 8.94. The van der Waals surface area contributed by atoms with Crippen molar-refractivity contribution in [2.24, 2.45) is 0 Å². The molecule has 2 aromatic carbocycles. The molecule has 1 aromatic heterocycles. The van der Waals surface area contributed by atoms with Gasteiger partial charge >= 0.3 is 0 Å². The predicted molar refractivity (Wildman–Crippen MR) is 109 cm³/mol. The fourth-order valence-corrected chi connectivity index (χ4v) is 4.51. The van der Waals surface area contributed by atoms with Crippen LogP contribution in [-0.2, 0) is 4.74 Å². The molecule has 1 amide bonds. The number of anilines is 1. The highest BCUT2D eigenvalue weighted by atomic mass is 32.1. The molecule has 0 radical (unpaired) electrons. The van der Waals surface area contributed by atoms with Crippen molar-refractivity contribution in [2.75, 3.05) is 44.3 Å². The van der Waals surface area contributed by atoms with E-state index < -0.39 is 11.6 Å². The summed E-state index contributed by atoms with van der Waals surface area (Å²) in [5.74, 6) is -1.56. The molecule has 1 aliphatic rings. The smallest absolute Gasteiger partial charge is 0.260 e. The largest absolute Gasteiger partial charge is 0.370 e. The van der Waals surface area contributed by atoms with Crippen molar-refractivity contribution in [3.63, 3.8) is 0 Å². The van der Waals surface area contributed by atoms with E-state index in [2.05, 4.69) is 4.98 Å². The van der Waals surface area contributed by atoms with E-state index in [1.807, 2.05) is 6.07 Å². The summed E-state index contributed by atoms with van der Waals surface area (Å²) < 4.78 is 33.5. The third kappa shape index (κ3) is 4.60. The van der Waals surface area contributed by atoms with Gasteiger partial charge in [-0.3, -0.25) is 9.69 Å². The van der Waals surface area contributed by atoms with Gasteiger partial charge in [-0.25, -0.2) is 13.8 Å². The topological polar surface area (TPSA) is 46.9 Å². The van der Waals surface area contributed by atoms with Crippen LogP contribution in [0.2, 0.25) is 0 Å². The molecular formula is C21H22F2N3O2S+. The van der Waals surface area contributed by atoms with Gasteiger partial charge in [0, 0.05) is 24.6 Å². The van der Waals surface area contributed by atoms with Crippen molar-refractivity contribution >= 4 is 32.6 Å². The van der Waals surface area contributed by atoms with Gasteiger partial charge in [-0.15, -0.1) is 0 Å². The minimum absolute atomic E-state index is 0.0936. The summed E-state index contributed by atoms with van der Waals surface area (Å²) in [6, 6.07) is 11.0. The number of halogens is 2. The quantitative estimate of drug-likeness (QED) is 0.669. The summed E-state index contributed by atoms with van der Waals surface area (Å²) in [6.07, 6.45) is 0.778. The molecule has 1 aliphatic heterocycles. The maximum Gasteiger partial charge on any atom is 0.260 e. The van der Waals surface area contributed by atoms with Gasteiger partial charge in [0.15, 0.2) is 10.9 Å². The van der Waals surface area contributed by atoms with Crippen LogP contribution in [0.4, 0.5) is 13.9 Å². The van der Waals surface area contributed by atoms with Crippen LogP contribution in [0.15, 0.2) is 42.5 Å². The normalized spacial score (nSPS) is 15.0. The van der Waals surface area contributed by atoms with Crippen molar-refractivity contribution in [2.45, 2.75) is 6.42 Å². The van der Waals surface area contributed by atoms with Gasteiger partial charge in [0.1, 0.15) is 24.4 Å². The molecule has 4 rings (SSSR count). The maximum atomic E-state index is 14.1. The highest BCUT2D eigenvalue weighted by Crippen LogP contribution is 2.32. The average Bonchev–Trinajstić information content (AvgIpc) is 3.16. The first-order valence-corrected chi connectivity index (χ1v) is 10.5. The lowest BCUT2D eigenvalue weighted by Crippen LogP contribution is -3.14. The van der Waals surface area contributed by atoms with E-state index in [4.69, 9.17) is 4.74 Å². The fraction of sp³-hybridized carbons (Fsp3) is 0.333. The number of hydrogen-bond acceptors (Lipinski definition) is 4. The monoisotopic (exact) mass is 418 g/mol. The summed E-state index contributed by atoms with van der Waals surface area (Å²) in [6.45, 7) is 4.80. The number of ether oxygens (including phenoxy) is 1. The molecule has 3 aromatic rings. The maximum absolute atomic E-state index is 14.1. The number of nitrogens with one attached hydrogen (secondary N) is 1. The number of rotatable bonds is 6. The van der Waals surface area contributed by atoms with Crippen LogP contribution in [0.3, 0.4) is 0 Å². The first-order valence-electron chi connectivity index (χ1n) is 9.65. The fourth-order valence-electron chi connectivity index (χ4n) is 3.48. The van der Waals surface area contributed by atoms with E-state index in [-0.39, 0.29) is 11.4 Å². The van der Waals surface area contributed by atoms with Gasteiger partial charge in [0.25, 0.3) is 5.91 Å². The Morgan fingerprint density at radius 1 is 1.17 bits per heavy atom. The molecule has 1 N–H and O–H groups in total. The summed E-state index contributed by atoms with van der Waals surface area (Å²) in [7, 11) is 0. The van der Waals surface area contributed by atoms with Gasteiger partial charge in [0.05, 0.1) is 24.5 Å². The summed E-state index contributed by atoms with van der Waals surface area (Å²) >= 11 is 1.13. The van der Waals surface area contributed by atoms with Crippen molar-refractivity contribution in [3.8, 4) is 0 Å². The van der Waals surface area contributed by atoms with Crippen molar-refractivity contribution in [1.29, 1.82) is 0 Å². The second-order valence-electron chi connectivity index (χ2n) is 7.02. The molecule has 152 valence electrons. The minimum atomic E-state index is -0.715. The molecular weight excluding hydrogens is 396 g/mol. The number of fused-ring (bicyclic) bond motifs is 1. The molecule has 0 unspecified atom stereocenters. The third-order valence-corrected chi connectivity index (χ3v) is 6.04. The van der Waals surface area contributed by atoms with Crippen LogP contribution >= 0.6 is 11.3 Å². The highest BCUT2D eigenvalue weighted by Gasteiger charge is 2.23. The van der Waals surface area contributed by atoms with E-state index in [1.165, 1.54) is 11.0 Å². The molecule has 1 saturated heterocycles. The molecule has 0 bridgehead atoms. The Kier molecular flexibility index (Phi) is 6.13. The number of aromatic nitrogens is 1. The number of carbonyl (C=O) groups is 1. The highest BCUT2D eigenvalue weighted by molar-refractivity contribution is 7.22. The number of carbonyl (C=O) groups excluding carboxylic acids is 1. The van der Waals surface area contributed by atoms with Crippen LogP contribution in [0.25, 0.3) is 10.2 Å². The minimum Gasteiger partial charge on any atom is -0.370 e. The lowest BCUT2D eigenvalue weighted by molar-refractivity contribution is -0.908. The summed E-state index contributed by atoms with van der Waals surface area (Å²) in [5.41, 5.74) is 0.633. The van der Waals surface area contributed by atoms with Crippen LogP contribution in [0.5, 0.6) is 0 Å². The summed E-state index contributed by atoms with van der Waals surface area (Å²) in [5, 5.41) is 0.385. The molecule has 29 heavy (non-hydrogen) atoms. The van der Waals surface area contributed by atoms with Crippen LogP contribution in [0.1, 0.15) is 16.8 Å². The van der Waals surface area contributed by atoms with Crippen molar-refractivity contribution in [1.82, 2.24) is 4.98 Å². The Balaban J connectivity index is 1.59. The van der Waals surface area contributed by atoms with Crippen molar-refractivity contribution in [3.05, 3.63) is 59.7 Å². The SMILES string of the molecule is O=C(c1ccccc1)N(CCC[NH+]1CCOCC1)c1nc2c(F)cc(F)cc2s1. The number of nitrogens with zero attached hydrogens (tertiary/aromatic N) is 2. The molecule has 0 atom stereocenters. The zero-order valence-electron chi connectivity index (χ0n) is 15.9. The molecule has 2 heterocycles. The molecule has 8 heteroatoms. The predicted octanol–water partition coefficient (Wildman–Crippen LogP) is 2.53. The standard InChI is InChI=1S/C21H21F2N3O2S/c22-16-13-17(23)19-18(14-16)29-21(24-19)26(20(27)15-5-2-1-3-6-15)8-4-7-25-9-11-28-12-10-25/h1-3,5-6,13-14H,4,7-12H2/p+1. The van der Waals surface area contributed by atoms with Crippen LogP contribution < -0.4 is 9.80 Å². The molecule has 5 nitrogen and oxygen atoms in total. The molecule has 0 aliphatic carbocycles. The van der Waals surface area contributed by atoms with Crippen LogP contribution in [0, 0.1) is 11.6 Å². The number of morpholine rings is 1. The number of quaternary nitrogens is 1. The van der Waals surface area contributed by atoms with Gasteiger partial charge in [-0.1, -0.05) is 29.5 Å². The number of hydrogen-bond donors (Lipinski definition) is 1. The van der Waals surface area contributed by atoms with E-state index in [1.54, 1.807) is 29.2 Å². The molecule has 1 fully saturated rings. The lowest BCUT2D eigenvalue weighted by Gasteiger charge is -2.25. The Morgan fingerprint density at radius 2 is 1.93 bits per heavy atom. The Hall–Kier alpha value is -2.42. The van der Waals surface area contributed by atoms with E-state index in [9.17, 15) is 13.6 Å². The number of amides is 1. The van der Waals surface area contributed by atoms with E-state index in [0.717, 1.165) is 56.7 Å². The Labute approximate surface area is 171 Å². The average molecular weight is 418 g/mol. The molecule has 0 saturated carbocycles. The van der Waals surface area contributed by atoms with Crippen molar-refractivity contribution < 1.29 is 23.2 Å². The summed E-state index contributed by atoms with van der Waals surface area (Å²) in [4.78, 5) is 20.5. The Bertz CT molecular complexity index is 990. The zero-order chi connectivity index (χ0) is 20.2. The first-order chi connectivity index (χ1) is 14.1. The first kappa shape index (κ1) is 19.9.